The Kier molecular flexibility index (Phi) is 3.09. The van der Waals surface area contributed by atoms with E-state index in [-0.39, 0.29) is 0 Å². The molecule has 118 valence electrons. The zero-order chi connectivity index (χ0) is 16.7. The normalized spacial score (nSPS) is 11.0. The summed E-state index contributed by atoms with van der Waals surface area (Å²) in [6, 6.07) is 15.9. The van der Waals surface area contributed by atoms with Crippen LogP contribution in [0.4, 0.5) is 5.69 Å². The molecule has 0 unspecified atom stereocenters. The average molecular weight is 318 g/mol. The average Bonchev–Trinajstić information content (AvgIpc) is 3.21. The summed E-state index contributed by atoms with van der Waals surface area (Å²) < 4.78 is 3.04. The van der Waals surface area contributed by atoms with Crippen molar-refractivity contribution < 1.29 is 4.79 Å². The number of fused-ring (bicyclic) bond motifs is 1. The lowest BCUT2D eigenvalue weighted by molar-refractivity contribution is 0.0961. The van der Waals surface area contributed by atoms with Crippen LogP contribution in [0.25, 0.3) is 16.7 Å². The van der Waals surface area contributed by atoms with Crippen molar-refractivity contribution in [1.82, 2.24) is 14.1 Å². The molecule has 4 rings (SSSR count). The first-order valence-electron chi connectivity index (χ1n) is 7.42. The van der Waals surface area contributed by atoms with E-state index in [4.69, 9.17) is 5.73 Å². The fraction of sp³-hybridized carbons (Fsp3) is 0. The van der Waals surface area contributed by atoms with Crippen LogP contribution in [0.3, 0.4) is 0 Å². The van der Waals surface area contributed by atoms with Crippen LogP contribution in [0, 0.1) is 0 Å². The quantitative estimate of drug-likeness (QED) is 0.556. The van der Waals surface area contributed by atoms with Crippen molar-refractivity contribution in [3.05, 3.63) is 83.0 Å². The Hall–Kier alpha value is -3.54. The van der Waals surface area contributed by atoms with Gasteiger partial charge < -0.3 is 15.3 Å². The number of carbonyl (C=O) groups excluding carboxylic acids is 1. The highest BCUT2D eigenvalue weighted by Gasteiger charge is 2.16. The first-order valence-corrected chi connectivity index (χ1v) is 7.42. The summed E-state index contributed by atoms with van der Waals surface area (Å²) in [5.74, 6) is -0.393. The van der Waals surface area contributed by atoms with Crippen molar-refractivity contribution in [2.75, 3.05) is 5.73 Å². The van der Waals surface area contributed by atoms with E-state index in [1.54, 1.807) is 30.3 Å². The summed E-state index contributed by atoms with van der Waals surface area (Å²) in [5, 5.41) is 0. The molecule has 0 atom stereocenters. The predicted molar refractivity (Wildman–Crippen MR) is 92.5 cm³/mol. The van der Waals surface area contributed by atoms with Crippen LogP contribution < -0.4 is 11.4 Å². The zero-order valence-corrected chi connectivity index (χ0v) is 12.6. The van der Waals surface area contributed by atoms with E-state index in [2.05, 4.69) is 4.98 Å². The number of nitrogens with zero attached hydrogens (tertiary/aromatic N) is 2. The van der Waals surface area contributed by atoms with Gasteiger partial charge in [-0.15, -0.1) is 0 Å². The highest BCUT2D eigenvalue weighted by atomic mass is 16.2. The monoisotopic (exact) mass is 318 g/mol. The van der Waals surface area contributed by atoms with E-state index >= 15 is 0 Å². The number of nitrogen functional groups attached to an aromatic ring is 1. The molecular formula is C18H14N4O2. The molecule has 6 nitrogen and oxygen atoms in total. The number of hydrogen-bond acceptors (Lipinski definition) is 3. The van der Waals surface area contributed by atoms with Gasteiger partial charge in [-0.2, -0.15) is 0 Å². The topological polar surface area (TPSA) is 85.8 Å². The maximum Gasteiger partial charge on any atom is 0.333 e. The molecule has 0 aliphatic rings. The number of nitrogens with two attached hydrogens (primary N) is 1. The zero-order valence-electron chi connectivity index (χ0n) is 12.6. The number of aromatic nitrogens is 3. The second-order valence-corrected chi connectivity index (χ2v) is 5.48. The van der Waals surface area contributed by atoms with E-state index < -0.39 is 11.6 Å². The lowest BCUT2D eigenvalue weighted by Gasteiger charge is -2.06. The highest BCUT2D eigenvalue weighted by molar-refractivity contribution is 6.01. The van der Waals surface area contributed by atoms with Gasteiger partial charge in [-0.25, -0.2) is 9.36 Å². The number of aromatic amines is 1. The van der Waals surface area contributed by atoms with Crippen molar-refractivity contribution in [2.45, 2.75) is 0 Å². The molecule has 2 aromatic carbocycles. The molecule has 0 aliphatic heterocycles. The Bertz CT molecular complexity index is 1090. The second kappa shape index (κ2) is 5.27. The smallest absolute Gasteiger partial charge is 0.333 e. The van der Waals surface area contributed by atoms with Crippen molar-refractivity contribution >= 4 is 22.6 Å². The maximum absolute atomic E-state index is 12.7. The van der Waals surface area contributed by atoms with E-state index in [1.165, 1.54) is 0 Å². The number of hydrogen-bond donors (Lipinski definition) is 2. The lowest BCUT2D eigenvalue weighted by atomic mass is 10.2. The van der Waals surface area contributed by atoms with Crippen molar-refractivity contribution in [3.8, 4) is 5.69 Å². The molecule has 2 heterocycles. The molecule has 0 saturated carbocycles. The molecule has 0 spiro atoms. The molecule has 24 heavy (non-hydrogen) atoms. The van der Waals surface area contributed by atoms with Crippen LogP contribution in [0.5, 0.6) is 0 Å². The second-order valence-electron chi connectivity index (χ2n) is 5.48. The number of anilines is 1. The summed E-state index contributed by atoms with van der Waals surface area (Å²) in [6.45, 7) is 0. The van der Waals surface area contributed by atoms with Gasteiger partial charge in [0, 0.05) is 29.3 Å². The summed E-state index contributed by atoms with van der Waals surface area (Å²) in [4.78, 5) is 27.6. The molecule has 2 aromatic heterocycles. The Morgan fingerprint density at radius 2 is 1.71 bits per heavy atom. The van der Waals surface area contributed by atoms with Crippen LogP contribution in [0.1, 0.15) is 10.4 Å². The summed E-state index contributed by atoms with van der Waals surface area (Å²) in [7, 11) is 0. The molecular weight excluding hydrogens is 304 g/mol. The first-order chi connectivity index (χ1) is 11.6. The molecule has 3 N–H and O–H groups in total. The van der Waals surface area contributed by atoms with Gasteiger partial charge in [0.25, 0.3) is 5.91 Å². The minimum atomic E-state index is -0.477. The van der Waals surface area contributed by atoms with Crippen molar-refractivity contribution in [3.63, 3.8) is 0 Å². The van der Waals surface area contributed by atoms with E-state index in [1.807, 2.05) is 41.2 Å². The number of imidazole rings is 1. The summed E-state index contributed by atoms with van der Waals surface area (Å²) in [6.07, 6.45) is 3.84. The Balaban J connectivity index is 1.78. The van der Waals surface area contributed by atoms with Crippen LogP contribution in [0.15, 0.2) is 71.8 Å². The lowest BCUT2D eigenvalue weighted by Crippen LogP contribution is -2.24. The predicted octanol–water partition coefficient (Wildman–Crippen LogP) is 2.39. The number of nitrogens with one attached hydrogen (secondary N) is 1. The molecule has 0 saturated heterocycles. The third kappa shape index (κ3) is 2.21. The molecule has 0 aliphatic carbocycles. The minimum Gasteiger partial charge on any atom is -0.399 e. The Labute approximate surface area is 136 Å². The van der Waals surface area contributed by atoms with Crippen LogP contribution >= 0.6 is 0 Å². The summed E-state index contributed by atoms with van der Waals surface area (Å²) in [5.41, 5.74) is 8.20. The molecule has 0 radical (unpaired) electrons. The van der Waals surface area contributed by atoms with Gasteiger partial charge in [0.15, 0.2) is 0 Å². The number of H-pyrrole nitrogens is 1. The number of carbonyl (C=O) groups is 1. The van der Waals surface area contributed by atoms with E-state index in [9.17, 15) is 9.59 Å². The molecule has 0 amide bonds. The van der Waals surface area contributed by atoms with Gasteiger partial charge in [0.2, 0.25) is 0 Å². The first kappa shape index (κ1) is 14.1. The fourth-order valence-electron chi connectivity index (χ4n) is 2.73. The minimum absolute atomic E-state index is 0.393. The molecule has 6 heteroatoms. The van der Waals surface area contributed by atoms with Gasteiger partial charge in [0.1, 0.15) is 0 Å². The van der Waals surface area contributed by atoms with Gasteiger partial charge >= 0.3 is 5.69 Å². The fourth-order valence-corrected chi connectivity index (χ4v) is 2.73. The van der Waals surface area contributed by atoms with Crippen molar-refractivity contribution in [1.29, 1.82) is 0 Å². The van der Waals surface area contributed by atoms with E-state index in [0.29, 0.717) is 22.3 Å². The molecule has 0 fully saturated rings. The Morgan fingerprint density at radius 3 is 2.42 bits per heavy atom. The van der Waals surface area contributed by atoms with Gasteiger partial charge in [-0.05, 0) is 54.6 Å². The highest BCUT2D eigenvalue weighted by Crippen LogP contribution is 2.16. The van der Waals surface area contributed by atoms with E-state index in [0.717, 1.165) is 10.3 Å². The van der Waals surface area contributed by atoms with Gasteiger partial charge in [-0.3, -0.25) is 4.79 Å². The molecule has 4 aromatic rings. The van der Waals surface area contributed by atoms with Gasteiger partial charge in [-0.1, -0.05) is 0 Å². The maximum atomic E-state index is 12.7. The third-order valence-corrected chi connectivity index (χ3v) is 3.93. The summed E-state index contributed by atoms with van der Waals surface area (Å²) >= 11 is 0. The largest absolute Gasteiger partial charge is 0.399 e. The number of benzene rings is 2. The van der Waals surface area contributed by atoms with Gasteiger partial charge in [0.05, 0.1) is 11.0 Å². The Morgan fingerprint density at radius 1 is 1.00 bits per heavy atom. The SMILES string of the molecule is Nc1ccc2[nH]c(=O)n(C(=O)c3ccc(-n4cccc4)cc3)c2c1. The number of rotatable bonds is 2. The van der Waals surface area contributed by atoms with Crippen LogP contribution in [0.2, 0.25) is 0 Å². The van der Waals surface area contributed by atoms with Crippen LogP contribution in [-0.4, -0.2) is 20.0 Å². The molecule has 0 bridgehead atoms. The standard InChI is InChI=1S/C18H14N4O2/c19-13-5-8-15-16(11-13)22(18(24)20-15)17(23)12-3-6-14(7-4-12)21-9-1-2-10-21/h1-11H,19H2,(H,20,24). The van der Waals surface area contributed by atoms with Crippen LogP contribution in [-0.2, 0) is 0 Å². The van der Waals surface area contributed by atoms with Crippen molar-refractivity contribution in [2.24, 2.45) is 0 Å². The third-order valence-electron chi connectivity index (χ3n) is 3.93.